The van der Waals surface area contributed by atoms with Crippen LogP contribution in [0.15, 0.2) is 55.0 Å². The van der Waals surface area contributed by atoms with E-state index in [1.54, 1.807) is 19.2 Å². The average molecular weight is 467 g/mol. The number of anilines is 3. The first kappa shape index (κ1) is 21.6. The number of nitrogens with zero attached hydrogens (tertiary/aromatic N) is 6. The van der Waals surface area contributed by atoms with E-state index in [1.165, 1.54) is 6.07 Å². The number of aromatic nitrogens is 3. The fraction of sp³-hybridized carbons (Fsp3) is 0.292. The lowest BCUT2D eigenvalue weighted by molar-refractivity contribution is 0.122. The molecule has 1 aromatic carbocycles. The Balaban J connectivity index is 1.49. The Morgan fingerprint density at radius 3 is 2.48 bits per heavy atom. The second kappa shape index (κ2) is 9.33. The summed E-state index contributed by atoms with van der Waals surface area (Å²) in [5.41, 5.74) is 2.20. The highest BCUT2D eigenvalue weighted by atomic mass is 35.5. The molecule has 5 rings (SSSR count). The Morgan fingerprint density at radius 1 is 0.970 bits per heavy atom. The van der Waals surface area contributed by atoms with Gasteiger partial charge in [-0.2, -0.15) is 4.98 Å². The predicted molar refractivity (Wildman–Crippen MR) is 128 cm³/mol. The van der Waals surface area contributed by atoms with E-state index in [0.717, 1.165) is 36.0 Å². The Labute approximate surface area is 197 Å². The molecule has 170 valence electrons. The van der Waals surface area contributed by atoms with Crippen LogP contribution in [0.2, 0.25) is 5.02 Å². The number of aryl methyl sites for hydroxylation is 1. The van der Waals surface area contributed by atoms with Crippen LogP contribution in [0.5, 0.6) is 0 Å². The van der Waals surface area contributed by atoms with Gasteiger partial charge in [-0.1, -0.05) is 11.6 Å². The lowest BCUT2D eigenvalue weighted by atomic mass is 10.1. The number of hydrogen-bond donors (Lipinski definition) is 0. The molecule has 0 aliphatic carbocycles. The lowest BCUT2D eigenvalue weighted by Crippen LogP contribution is -2.38. The van der Waals surface area contributed by atoms with Crippen molar-refractivity contribution in [3.8, 4) is 11.3 Å². The summed E-state index contributed by atoms with van der Waals surface area (Å²) in [6.45, 7) is 5.90. The van der Waals surface area contributed by atoms with E-state index in [1.807, 2.05) is 41.6 Å². The highest BCUT2D eigenvalue weighted by Gasteiger charge is 2.21. The maximum absolute atomic E-state index is 13.9. The maximum Gasteiger partial charge on any atom is 0.228 e. The van der Waals surface area contributed by atoms with Gasteiger partial charge < -0.3 is 19.4 Å². The molecule has 0 spiro atoms. The van der Waals surface area contributed by atoms with Crippen LogP contribution in [0.3, 0.4) is 0 Å². The average Bonchev–Trinajstić information content (AvgIpc) is 2.86. The number of benzene rings is 1. The van der Waals surface area contributed by atoms with Gasteiger partial charge in [-0.3, -0.25) is 0 Å². The molecule has 1 fully saturated rings. The van der Waals surface area contributed by atoms with Crippen LogP contribution >= 0.6 is 11.6 Å². The number of hydrogen-bond acceptors (Lipinski definition) is 7. The Kier molecular flexibility index (Phi) is 6.11. The van der Waals surface area contributed by atoms with Crippen LogP contribution in [0.1, 0.15) is 5.56 Å². The summed E-state index contributed by atoms with van der Waals surface area (Å²) in [7, 11) is 0. The topological polar surface area (TPSA) is 57.6 Å². The van der Waals surface area contributed by atoms with Gasteiger partial charge in [0.05, 0.1) is 23.9 Å². The molecule has 2 aliphatic rings. The van der Waals surface area contributed by atoms with Crippen molar-refractivity contribution in [1.82, 2.24) is 15.0 Å². The largest absolute Gasteiger partial charge is 0.378 e. The molecular weight excluding hydrogens is 443 g/mol. The second-order valence-corrected chi connectivity index (χ2v) is 8.38. The van der Waals surface area contributed by atoms with Gasteiger partial charge in [0.1, 0.15) is 11.6 Å². The van der Waals surface area contributed by atoms with Crippen LogP contribution in [0, 0.1) is 12.7 Å². The first-order valence-corrected chi connectivity index (χ1v) is 11.3. The molecule has 0 atom stereocenters. The zero-order valence-corrected chi connectivity index (χ0v) is 19.0. The third kappa shape index (κ3) is 4.62. The summed E-state index contributed by atoms with van der Waals surface area (Å²) in [5, 5.41) is 0.612. The van der Waals surface area contributed by atoms with Gasteiger partial charge in [-0.15, -0.1) is 0 Å². The molecule has 0 radical (unpaired) electrons. The second-order valence-electron chi connectivity index (χ2n) is 7.97. The Bertz CT molecular complexity index is 1180. The molecular formula is C24H24ClFN6O. The monoisotopic (exact) mass is 466 g/mol. The van der Waals surface area contributed by atoms with Gasteiger partial charge >= 0.3 is 0 Å². The van der Waals surface area contributed by atoms with Crippen LogP contribution in [0.25, 0.3) is 11.3 Å². The molecule has 9 heteroatoms. The molecule has 0 amide bonds. The molecule has 3 aromatic rings. The summed E-state index contributed by atoms with van der Waals surface area (Å²) in [4.78, 5) is 20.3. The summed E-state index contributed by atoms with van der Waals surface area (Å²) < 4.78 is 19.4. The third-order valence-electron chi connectivity index (χ3n) is 5.76. The third-order valence-corrected chi connectivity index (χ3v) is 6.06. The highest BCUT2D eigenvalue weighted by Crippen LogP contribution is 2.29. The summed E-state index contributed by atoms with van der Waals surface area (Å²) in [6.07, 6.45) is 5.66. The van der Waals surface area contributed by atoms with Crippen LogP contribution in [0.4, 0.5) is 22.0 Å². The van der Waals surface area contributed by atoms with Gasteiger partial charge in [-0.25, -0.2) is 14.4 Å². The Morgan fingerprint density at radius 2 is 1.76 bits per heavy atom. The van der Waals surface area contributed by atoms with E-state index in [4.69, 9.17) is 26.3 Å². The van der Waals surface area contributed by atoms with Gasteiger partial charge in [0.25, 0.3) is 0 Å². The number of morpholine rings is 1. The van der Waals surface area contributed by atoms with E-state index in [0.29, 0.717) is 42.8 Å². The fourth-order valence-corrected chi connectivity index (χ4v) is 4.14. The van der Waals surface area contributed by atoms with Gasteiger partial charge in [0, 0.05) is 56.4 Å². The zero-order valence-electron chi connectivity index (χ0n) is 18.3. The summed E-state index contributed by atoms with van der Waals surface area (Å²) >= 11 is 6.32. The lowest BCUT2D eigenvalue weighted by Gasteiger charge is -2.32. The molecule has 33 heavy (non-hydrogen) atoms. The molecule has 0 unspecified atom stereocenters. The van der Waals surface area contributed by atoms with Crippen molar-refractivity contribution in [2.24, 2.45) is 0 Å². The van der Waals surface area contributed by atoms with E-state index in [2.05, 4.69) is 14.8 Å². The smallest absolute Gasteiger partial charge is 0.228 e. The van der Waals surface area contributed by atoms with E-state index in [-0.39, 0.29) is 5.82 Å². The van der Waals surface area contributed by atoms with Crippen molar-refractivity contribution in [1.29, 1.82) is 0 Å². The number of halogens is 2. The van der Waals surface area contributed by atoms with E-state index >= 15 is 0 Å². The molecule has 0 bridgehead atoms. The molecule has 2 aromatic heterocycles. The number of pyridine rings is 1. The van der Waals surface area contributed by atoms with Crippen molar-refractivity contribution >= 4 is 29.2 Å². The maximum atomic E-state index is 13.9. The van der Waals surface area contributed by atoms with Crippen molar-refractivity contribution < 1.29 is 9.13 Å². The van der Waals surface area contributed by atoms with Crippen LogP contribution < -0.4 is 14.7 Å². The van der Waals surface area contributed by atoms with Crippen molar-refractivity contribution in [3.63, 3.8) is 0 Å². The summed E-state index contributed by atoms with van der Waals surface area (Å²) in [5.74, 6) is 1.94. The zero-order chi connectivity index (χ0) is 22.8. The first-order chi connectivity index (χ1) is 16.1. The van der Waals surface area contributed by atoms with Crippen LogP contribution in [-0.4, -0.2) is 54.3 Å². The van der Waals surface area contributed by atoms with Crippen LogP contribution in [-0.2, 0) is 4.74 Å². The predicted octanol–water partition coefficient (Wildman–Crippen LogP) is 4.27. The molecule has 4 heterocycles. The molecule has 2 aliphatic heterocycles. The van der Waals surface area contributed by atoms with E-state index in [9.17, 15) is 4.39 Å². The number of rotatable bonds is 4. The molecule has 0 N–H and O–H groups in total. The number of ether oxygens (including phenoxy) is 1. The molecule has 1 saturated heterocycles. The highest BCUT2D eigenvalue weighted by molar-refractivity contribution is 6.32. The van der Waals surface area contributed by atoms with E-state index < -0.39 is 0 Å². The van der Waals surface area contributed by atoms with Crippen molar-refractivity contribution in [2.45, 2.75) is 6.92 Å². The minimum atomic E-state index is -0.228. The minimum absolute atomic E-state index is 0.228. The van der Waals surface area contributed by atoms with Crippen molar-refractivity contribution in [3.05, 3.63) is 71.4 Å². The molecule has 7 nitrogen and oxygen atoms in total. The first-order valence-electron chi connectivity index (χ1n) is 10.9. The minimum Gasteiger partial charge on any atom is -0.378 e. The SMILES string of the molecule is Cc1cc(-c2cc(N3C=CN(c4ncccc4Cl)CC3)nc(N3CCOCC3)n2)ccc1F. The standard InChI is InChI=1S/C24H24ClFN6O/c1-17-15-18(4-5-20(17)26)21-16-22(29-24(28-21)32-11-13-33-14-12-32)30-7-9-31(10-8-30)23-19(25)3-2-6-27-23/h2-7,9,15-16H,8,10-14H2,1H3. The van der Waals surface area contributed by atoms with Crippen molar-refractivity contribution in [2.75, 3.05) is 54.1 Å². The quantitative estimate of drug-likeness (QED) is 0.569. The molecule has 0 saturated carbocycles. The van der Waals surface area contributed by atoms with Gasteiger partial charge in [0.15, 0.2) is 5.82 Å². The normalized spacial score (nSPS) is 16.4. The summed E-state index contributed by atoms with van der Waals surface area (Å²) in [6, 6.07) is 10.7. The van der Waals surface area contributed by atoms with Gasteiger partial charge in [0.2, 0.25) is 5.95 Å². The fourth-order valence-electron chi connectivity index (χ4n) is 3.91. The van der Waals surface area contributed by atoms with Gasteiger partial charge in [-0.05, 0) is 42.8 Å². The Hall–Kier alpha value is -3.23.